The fraction of sp³-hybridized carbons (Fsp3) is 0.697. The number of hydrogen-bond donors (Lipinski definition) is 0. The number of unbranched alkanes of at least 4 members (excludes halogenated alkanes) is 11. The van der Waals surface area contributed by atoms with Crippen LogP contribution in [0.3, 0.4) is 0 Å². The molecule has 1 unspecified atom stereocenters. The highest BCUT2D eigenvalue weighted by Crippen LogP contribution is 2.23. The second-order valence-corrected chi connectivity index (χ2v) is 12.6. The van der Waals surface area contributed by atoms with E-state index in [1.54, 1.807) is 11.8 Å². The Morgan fingerprint density at radius 2 is 1.41 bits per heavy atom. The van der Waals surface area contributed by atoms with E-state index >= 15 is 0 Å². The third kappa shape index (κ3) is 11.4. The van der Waals surface area contributed by atoms with E-state index in [0.29, 0.717) is 32.5 Å². The van der Waals surface area contributed by atoms with Gasteiger partial charge in [0.25, 0.3) is 0 Å². The highest BCUT2D eigenvalue weighted by molar-refractivity contribution is 7.99. The minimum atomic E-state index is 0.0936. The van der Waals surface area contributed by atoms with Gasteiger partial charge in [0.15, 0.2) is 5.16 Å². The van der Waals surface area contributed by atoms with Crippen LogP contribution in [0.2, 0.25) is 0 Å². The SMILES string of the molecule is CCCCCCCCCCCCCC(=O)N1CCN(C(=O)CCCCSc2nnc(C)n2-c2ccccc2)CC1C. The van der Waals surface area contributed by atoms with Crippen molar-refractivity contribution in [2.45, 2.75) is 128 Å². The van der Waals surface area contributed by atoms with Crippen LogP contribution in [0.25, 0.3) is 5.69 Å². The second-order valence-electron chi connectivity index (χ2n) is 11.6. The van der Waals surface area contributed by atoms with Crippen LogP contribution >= 0.6 is 11.8 Å². The van der Waals surface area contributed by atoms with E-state index in [2.05, 4.69) is 40.7 Å². The molecule has 1 fully saturated rings. The number of nitrogens with zero attached hydrogens (tertiary/aromatic N) is 5. The predicted molar refractivity (Wildman–Crippen MR) is 170 cm³/mol. The maximum Gasteiger partial charge on any atom is 0.222 e. The van der Waals surface area contributed by atoms with Gasteiger partial charge in [-0.25, -0.2) is 0 Å². The first kappa shape index (κ1) is 33.2. The first-order valence-corrected chi connectivity index (χ1v) is 17.2. The molecule has 0 saturated carbocycles. The molecule has 1 aliphatic rings. The summed E-state index contributed by atoms with van der Waals surface area (Å²) in [4.78, 5) is 29.7. The summed E-state index contributed by atoms with van der Waals surface area (Å²) in [5, 5.41) is 9.49. The van der Waals surface area contributed by atoms with Crippen LogP contribution in [0.4, 0.5) is 0 Å². The monoisotopic (exact) mass is 583 g/mol. The van der Waals surface area contributed by atoms with Crippen molar-refractivity contribution in [1.82, 2.24) is 24.6 Å². The molecule has 2 aromatic rings. The Kier molecular flexibility index (Phi) is 15.3. The lowest BCUT2D eigenvalue weighted by molar-refractivity contribution is -0.142. The normalized spacial score (nSPS) is 15.4. The molecule has 0 spiro atoms. The van der Waals surface area contributed by atoms with Gasteiger partial charge in [-0.2, -0.15) is 0 Å². The van der Waals surface area contributed by atoms with E-state index in [1.165, 1.54) is 57.8 Å². The molecule has 1 aromatic carbocycles. The molecule has 1 aromatic heterocycles. The first-order chi connectivity index (χ1) is 20.0. The van der Waals surface area contributed by atoms with E-state index in [-0.39, 0.29) is 17.9 Å². The van der Waals surface area contributed by atoms with Crippen LogP contribution in [0.5, 0.6) is 0 Å². The van der Waals surface area contributed by atoms with Crippen LogP contribution in [-0.2, 0) is 9.59 Å². The van der Waals surface area contributed by atoms with E-state index in [1.807, 2.05) is 34.9 Å². The lowest BCUT2D eigenvalue weighted by atomic mass is 10.0. The summed E-state index contributed by atoms with van der Waals surface area (Å²) in [6.07, 6.45) is 17.2. The van der Waals surface area contributed by atoms with Crippen molar-refractivity contribution >= 4 is 23.6 Å². The molecule has 2 heterocycles. The van der Waals surface area contributed by atoms with Crippen LogP contribution in [0, 0.1) is 6.92 Å². The number of hydrogen-bond acceptors (Lipinski definition) is 5. The summed E-state index contributed by atoms with van der Waals surface area (Å²) in [5.74, 6) is 2.24. The van der Waals surface area contributed by atoms with Gasteiger partial charge in [-0.05, 0) is 45.2 Å². The van der Waals surface area contributed by atoms with Crippen molar-refractivity contribution < 1.29 is 9.59 Å². The summed E-state index contributed by atoms with van der Waals surface area (Å²) >= 11 is 1.69. The molecule has 41 heavy (non-hydrogen) atoms. The Balaban J connectivity index is 1.24. The molecule has 3 rings (SSSR count). The van der Waals surface area contributed by atoms with E-state index in [4.69, 9.17) is 0 Å². The molecule has 0 aliphatic carbocycles. The van der Waals surface area contributed by atoms with Crippen molar-refractivity contribution in [2.24, 2.45) is 0 Å². The maximum atomic E-state index is 12.9. The van der Waals surface area contributed by atoms with Crippen molar-refractivity contribution in [1.29, 1.82) is 0 Å². The number of aryl methyl sites for hydroxylation is 1. The number of carbonyl (C=O) groups excluding carboxylic acids is 2. The largest absolute Gasteiger partial charge is 0.339 e. The minimum Gasteiger partial charge on any atom is -0.339 e. The van der Waals surface area contributed by atoms with Gasteiger partial charge in [-0.1, -0.05) is 101 Å². The number of benzene rings is 1. The van der Waals surface area contributed by atoms with Crippen LogP contribution in [0.1, 0.15) is 116 Å². The number of piperazine rings is 1. The van der Waals surface area contributed by atoms with Crippen LogP contribution < -0.4 is 0 Å². The summed E-state index contributed by atoms with van der Waals surface area (Å²) < 4.78 is 2.08. The molecule has 1 atom stereocenters. The summed E-state index contributed by atoms with van der Waals surface area (Å²) in [6.45, 7) is 8.28. The molecule has 0 radical (unpaired) electrons. The first-order valence-electron chi connectivity index (χ1n) is 16.2. The van der Waals surface area contributed by atoms with Gasteiger partial charge in [0, 0.05) is 50.0 Å². The van der Waals surface area contributed by atoms with Crippen molar-refractivity contribution in [3.05, 3.63) is 36.2 Å². The number of carbonyl (C=O) groups is 2. The van der Waals surface area contributed by atoms with Crippen molar-refractivity contribution in [2.75, 3.05) is 25.4 Å². The topological polar surface area (TPSA) is 71.3 Å². The highest BCUT2D eigenvalue weighted by atomic mass is 32.2. The molecule has 7 nitrogen and oxygen atoms in total. The summed E-state index contributed by atoms with van der Waals surface area (Å²) in [7, 11) is 0. The zero-order valence-electron chi connectivity index (χ0n) is 25.9. The fourth-order valence-electron chi connectivity index (χ4n) is 5.65. The van der Waals surface area contributed by atoms with Gasteiger partial charge >= 0.3 is 0 Å². The lowest BCUT2D eigenvalue weighted by Crippen LogP contribution is -2.55. The lowest BCUT2D eigenvalue weighted by Gasteiger charge is -2.40. The zero-order chi connectivity index (χ0) is 29.3. The Morgan fingerprint density at radius 3 is 2.07 bits per heavy atom. The van der Waals surface area contributed by atoms with Gasteiger partial charge in [-0.3, -0.25) is 14.2 Å². The van der Waals surface area contributed by atoms with Gasteiger partial charge in [0.05, 0.1) is 0 Å². The number of rotatable bonds is 19. The smallest absolute Gasteiger partial charge is 0.222 e. The fourth-order valence-corrected chi connectivity index (χ4v) is 6.65. The van der Waals surface area contributed by atoms with Gasteiger partial charge in [0.2, 0.25) is 11.8 Å². The maximum absolute atomic E-state index is 12.9. The van der Waals surface area contributed by atoms with Gasteiger partial charge < -0.3 is 9.80 Å². The average Bonchev–Trinajstić information content (AvgIpc) is 3.35. The number of thioether (sulfide) groups is 1. The minimum absolute atomic E-state index is 0.0936. The van der Waals surface area contributed by atoms with Crippen LogP contribution in [0.15, 0.2) is 35.5 Å². The molecule has 1 aliphatic heterocycles. The Morgan fingerprint density at radius 1 is 0.805 bits per heavy atom. The Labute approximate surface area is 252 Å². The predicted octanol–water partition coefficient (Wildman–Crippen LogP) is 7.60. The quantitative estimate of drug-likeness (QED) is 0.126. The van der Waals surface area contributed by atoms with Gasteiger partial charge in [-0.15, -0.1) is 10.2 Å². The summed E-state index contributed by atoms with van der Waals surface area (Å²) in [5.41, 5.74) is 1.07. The third-order valence-corrected chi connectivity index (χ3v) is 9.14. The zero-order valence-corrected chi connectivity index (χ0v) is 26.7. The van der Waals surface area contributed by atoms with Crippen LogP contribution in [-0.4, -0.2) is 67.8 Å². The standard InChI is InChI=1S/C33H53N5O2S/c1-4-5-6-7-8-9-10-11-12-13-17-23-32(40)37-25-24-36(27-28(37)2)31(39)22-18-19-26-41-33-35-34-29(3)38(33)30-20-15-14-16-21-30/h14-16,20-21,28H,4-13,17-19,22-27H2,1-3H3. The molecule has 0 bridgehead atoms. The van der Waals surface area contributed by atoms with E-state index < -0.39 is 0 Å². The Bertz CT molecular complexity index is 1030. The molecular formula is C33H53N5O2S. The average molecular weight is 584 g/mol. The highest BCUT2D eigenvalue weighted by Gasteiger charge is 2.29. The van der Waals surface area contributed by atoms with E-state index in [9.17, 15) is 9.59 Å². The second kappa shape index (κ2) is 19.0. The molecule has 8 heteroatoms. The number of para-hydroxylation sites is 1. The third-order valence-electron chi connectivity index (χ3n) is 8.12. The molecule has 1 saturated heterocycles. The van der Waals surface area contributed by atoms with Crippen molar-refractivity contribution in [3.63, 3.8) is 0 Å². The van der Waals surface area contributed by atoms with Crippen molar-refractivity contribution in [3.8, 4) is 5.69 Å². The Hall–Kier alpha value is -2.35. The summed E-state index contributed by atoms with van der Waals surface area (Å²) in [6, 6.07) is 10.3. The van der Waals surface area contributed by atoms with E-state index in [0.717, 1.165) is 48.1 Å². The molecule has 228 valence electrons. The van der Waals surface area contributed by atoms with Gasteiger partial charge in [0.1, 0.15) is 5.82 Å². The molecular weight excluding hydrogens is 530 g/mol. The number of amides is 2. The molecule has 2 amide bonds. The number of aromatic nitrogens is 3. The molecule has 0 N–H and O–H groups in total.